The maximum atomic E-state index is 12.3. The smallest absolute Gasteiger partial charge is 0.253 e. The second-order valence-corrected chi connectivity index (χ2v) is 5.17. The monoisotopic (exact) mass is 286 g/mol. The minimum Gasteiger partial charge on any atom is -0.338 e. The normalized spacial score (nSPS) is 16.1. The van der Waals surface area contributed by atoms with E-state index in [1.165, 1.54) is 0 Å². The standard InChI is InChI=1S/C15H18N4O2/c1-12-16-14(21-17-12)11-18-7-9-19(10-8-18)15(20)13-5-3-2-4-6-13/h2-6H,7-11H2,1H3. The number of nitrogens with zero attached hydrogens (tertiary/aromatic N) is 4. The van der Waals surface area contributed by atoms with E-state index in [0.717, 1.165) is 31.7 Å². The number of amides is 1. The molecule has 6 nitrogen and oxygen atoms in total. The van der Waals surface area contributed by atoms with Crippen molar-refractivity contribution in [2.45, 2.75) is 13.5 Å². The number of piperazine rings is 1. The molecule has 0 unspecified atom stereocenters. The lowest BCUT2D eigenvalue weighted by molar-refractivity contribution is 0.0615. The summed E-state index contributed by atoms with van der Waals surface area (Å²) < 4.78 is 5.13. The van der Waals surface area contributed by atoms with Crippen LogP contribution in [0.4, 0.5) is 0 Å². The van der Waals surface area contributed by atoms with Crippen LogP contribution in [-0.4, -0.2) is 52.0 Å². The molecule has 1 aliphatic heterocycles. The average Bonchev–Trinajstić information content (AvgIpc) is 2.93. The summed E-state index contributed by atoms with van der Waals surface area (Å²) in [5, 5.41) is 3.79. The first-order valence-electron chi connectivity index (χ1n) is 7.08. The third kappa shape index (κ3) is 3.28. The number of hydrogen-bond acceptors (Lipinski definition) is 5. The van der Waals surface area contributed by atoms with Crippen LogP contribution in [-0.2, 0) is 6.54 Å². The second kappa shape index (κ2) is 6.05. The van der Waals surface area contributed by atoms with Gasteiger partial charge in [0.2, 0.25) is 5.89 Å². The molecule has 0 atom stereocenters. The van der Waals surface area contributed by atoms with Gasteiger partial charge in [-0.05, 0) is 19.1 Å². The van der Waals surface area contributed by atoms with E-state index in [9.17, 15) is 4.79 Å². The van der Waals surface area contributed by atoms with Crippen molar-refractivity contribution in [3.8, 4) is 0 Å². The number of carbonyl (C=O) groups excluding carboxylic acids is 1. The van der Waals surface area contributed by atoms with E-state index in [-0.39, 0.29) is 5.91 Å². The van der Waals surface area contributed by atoms with Gasteiger partial charge in [0.25, 0.3) is 5.91 Å². The van der Waals surface area contributed by atoms with Crippen LogP contribution in [0, 0.1) is 6.92 Å². The molecular formula is C15H18N4O2. The maximum Gasteiger partial charge on any atom is 0.253 e. The molecular weight excluding hydrogens is 268 g/mol. The van der Waals surface area contributed by atoms with E-state index in [2.05, 4.69) is 15.0 Å². The summed E-state index contributed by atoms with van der Waals surface area (Å²) in [4.78, 5) is 20.7. The van der Waals surface area contributed by atoms with E-state index < -0.39 is 0 Å². The van der Waals surface area contributed by atoms with Gasteiger partial charge in [0, 0.05) is 31.7 Å². The molecule has 0 N–H and O–H groups in total. The molecule has 1 fully saturated rings. The molecule has 1 aliphatic rings. The van der Waals surface area contributed by atoms with Crippen LogP contribution in [0.25, 0.3) is 0 Å². The molecule has 1 saturated heterocycles. The van der Waals surface area contributed by atoms with Gasteiger partial charge in [-0.15, -0.1) is 0 Å². The maximum absolute atomic E-state index is 12.3. The summed E-state index contributed by atoms with van der Waals surface area (Å²) in [6.07, 6.45) is 0. The van der Waals surface area contributed by atoms with E-state index >= 15 is 0 Å². The van der Waals surface area contributed by atoms with Crippen LogP contribution in [0.15, 0.2) is 34.9 Å². The van der Waals surface area contributed by atoms with Crippen molar-refractivity contribution in [1.82, 2.24) is 19.9 Å². The first-order chi connectivity index (χ1) is 10.2. The van der Waals surface area contributed by atoms with Crippen molar-refractivity contribution in [1.29, 1.82) is 0 Å². The van der Waals surface area contributed by atoms with Crippen molar-refractivity contribution in [2.24, 2.45) is 0 Å². The molecule has 1 aromatic heterocycles. The van der Waals surface area contributed by atoms with Crippen LogP contribution in [0.5, 0.6) is 0 Å². The van der Waals surface area contributed by atoms with Crippen LogP contribution < -0.4 is 0 Å². The van der Waals surface area contributed by atoms with Gasteiger partial charge in [-0.3, -0.25) is 9.69 Å². The number of aryl methyl sites for hydroxylation is 1. The van der Waals surface area contributed by atoms with Gasteiger partial charge in [-0.1, -0.05) is 23.4 Å². The summed E-state index contributed by atoms with van der Waals surface area (Å²) in [6, 6.07) is 9.41. The van der Waals surface area contributed by atoms with Crippen LogP contribution in [0.2, 0.25) is 0 Å². The van der Waals surface area contributed by atoms with E-state index in [4.69, 9.17) is 4.52 Å². The Labute approximate surface area is 123 Å². The third-order valence-electron chi connectivity index (χ3n) is 3.61. The Balaban J connectivity index is 1.54. The molecule has 0 aliphatic carbocycles. The minimum atomic E-state index is 0.101. The lowest BCUT2D eigenvalue weighted by Gasteiger charge is -2.34. The Kier molecular flexibility index (Phi) is 3.96. The predicted molar refractivity (Wildman–Crippen MR) is 76.7 cm³/mol. The van der Waals surface area contributed by atoms with Gasteiger partial charge in [-0.25, -0.2) is 0 Å². The summed E-state index contributed by atoms with van der Waals surface area (Å²) >= 11 is 0. The van der Waals surface area contributed by atoms with E-state index in [0.29, 0.717) is 18.3 Å². The second-order valence-electron chi connectivity index (χ2n) is 5.17. The largest absolute Gasteiger partial charge is 0.338 e. The summed E-state index contributed by atoms with van der Waals surface area (Å²) in [6.45, 7) is 5.54. The fourth-order valence-corrected chi connectivity index (χ4v) is 2.47. The van der Waals surface area contributed by atoms with Gasteiger partial charge in [0.05, 0.1) is 6.54 Å². The Morgan fingerprint density at radius 1 is 1.19 bits per heavy atom. The molecule has 2 heterocycles. The van der Waals surface area contributed by atoms with Gasteiger partial charge in [-0.2, -0.15) is 4.98 Å². The highest BCUT2D eigenvalue weighted by atomic mass is 16.5. The first-order valence-corrected chi connectivity index (χ1v) is 7.08. The van der Waals surface area contributed by atoms with Crippen LogP contribution >= 0.6 is 0 Å². The molecule has 1 aromatic carbocycles. The number of benzene rings is 1. The summed E-state index contributed by atoms with van der Waals surface area (Å²) in [7, 11) is 0. The van der Waals surface area contributed by atoms with Crippen molar-refractivity contribution in [2.75, 3.05) is 26.2 Å². The highest BCUT2D eigenvalue weighted by Crippen LogP contribution is 2.10. The van der Waals surface area contributed by atoms with E-state index in [1.807, 2.05) is 42.2 Å². The van der Waals surface area contributed by atoms with Crippen LogP contribution in [0.3, 0.4) is 0 Å². The molecule has 1 amide bonds. The fraction of sp³-hybridized carbons (Fsp3) is 0.400. The van der Waals surface area contributed by atoms with E-state index in [1.54, 1.807) is 0 Å². The van der Waals surface area contributed by atoms with Gasteiger partial charge in [0.15, 0.2) is 5.82 Å². The number of carbonyl (C=O) groups is 1. The highest BCUT2D eigenvalue weighted by molar-refractivity contribution is 5.94. The van der Waals surface area contributed by atoms with Crippen molar-refractivity contribution in [3.05, 3.63) is 47.6 Å². The first kappa shape index (κ1) is 13.8. The minimum absolute atomic E-state index is 0.101. The lowest BCUT2D eigenvalue weighted by atomic mass is 10.2. The zero-order valence-electron chi connectivity index (χ0n) is 12.0. The molecule has 0 spiro atoms. The summed E-state index contributed by atoms with van der Waals surface area (Å²) in [5.41, 5.74) is 0.749. The van der Waals surface area contributed by atoms with Crippen molar-refractivity contribution in [3.63, 3.8) is 0 Å². The summed E-state index contributed by atoms with van der Waals surface area (Å²) in [5.74, 6) is 1.39. The molecule has 0 bridgehead atoms. The number of rotatable bonds is 3. The lowest BCUT2D eigenvalue weighted by Crippen LogP contribution is -2.48. The number of aromatic nitrogens is 2. The van der Waals surface area contributed by atoms with Crippen LogP contribution in [0.1, 0.15) is 22.1 Å². The SMILES string of the molecule is Cc1noc(CN2CCN(C(=O)c3ccccc3)CC2)n1. The Morgan fingerprint density at radius 3 is 2.52 bits per heavy atom. The molecule has 0 radical (unpaired) electrons. The number of hydrogen-bond donors (Lipinski definition) is 0. The predicted octanol–water partition coefficient (Wildman–Crippen LogP) is 1.34. The Bertz CT molecular complexity index is 603. The molecule has 0 saturated carbocycles. The van der Waals surface area contributed by atoms with Gasteiger partial charge < -0.3 is 9.42 Å². The highest BCUT2D eigenvalue weighted by Gasteiger charge is 2.23. The Morgan fingerprint density at radius 2 is 1.90 bits per heavy atom. The van der Waals surface area contributed by atoms with Crippen molar-refractivity contribution >= 4 is 5.91 Å². The van der Waals surface area contributed by atoms with Crippen molar-refractivity contribution < 1.29 is 9.32 Å². The molecule has 2 aromatic rings. The molecule has 6 heteroatoms. The molecule has 110 valence electrons. The molecule has 21 heavy (non-hydrogen) atoms. The zero-order valence-corrected chi connectivity index (χ0v) is 12.0. The Hall–Kier alpha value is -2.21. The zero-order chi connectivity index (χ0) is 14.7. The topological polar surface area (TPSA) is 62.5 Å². The third-order valence-corrected chi connectivity index (χ3v) is 3.61. The fourth-order valence-electron chi connectivity index (χ4n) is 2.47. The molecule has 3 rings (SSSR count). The average molecular weight is 286 g/mol. The van der Waals surface area contributed by atoms with Gasteiger partial charge in [0.1, 0.15) is 0 Å². The quantitative estimate of drug-likeness (QED) is 0.852. The van der Waals surface area contributed by atoms with Gasteiger partial charge >= 0.3 is 0 Å².